The van der Waals surface area contributed by atoms with Crippen LogP contribution in [0.4, 0.5) is 0 Å². The van der Waals surface area contributed by atoms with E-state index in [4.69, 9.17) is 0 Å². The van der Waals surface area contributed by atoms with Gasteiger partial charge in [0.25, 0.3) is 5.91 Å². The molecule has 0 aromatic heterocycles. The molecule has 0 saturated carbocycles. The normalized spacial score (nSPS) is 16.1. The summed E-state index contributed by atoms with van der Waals surface area (Å²) in [6.45, 7) is 8.20. The van der Waals surface area contributed by atoms with Crippen molar-refractivity contribution in [1.82, 2.24) is 15.5 Å². The van der Waals surface area contributed by atoms with Crippen LogP contribution in [0.3, 0.4) is 0 Å². The van der Waals surface area contributed by atoms with Gasteiger partial charge in [0.2, 0.25) is 0 Å². The third kappa shape index (κ3) is 4.71. The molecule has 1 heterocycles. The van der Waals surface area contributed by atoms with Crippen molar-refractivity contribution < 1.29 is 4.79 Å². The first-order valence-corrected chi connectivity index (χ1v) is 8.22. The highest BCUT2D eigenvalue weighted by Crippen LogP contribution is 2.13. The minimum absolute atomic E-state index is 0.0402. The van der Waals surface area contributed by atoms with Crippen molar-refractivity contribution in [3.8, 4) is 0 Å². The first kappa shape index (κ1) is 15.7. The molecule has 1 aliphatic rings. The minimum atomic E-state index is 0.0402. The largest absolute Gasteiger partial charge is 0.352 e. The van der Waals surface area contributed by atoms with Gasteiger partial charge < -0.3 is 15.5 Å². The van der Waals surface area contributed by atoms with Gasteiger partial charge in [-0.2, -0.15) is 0 Å². The van der Waals surface area contributed by atoms with Crippen LogP contribution < -0.4 is 10.6 Å². The quantitative estimate of drug-likeness (QED) is 0.596. The number of carbonyl (C=O) groups excluding carboxylic acids is 1. The van der Waals surface area contributed by atoms with E-state index in [1.165, 1.54) is 0 Å². The molecule has 0 spiro atoms. The zero-order valence-electron chi connectivity index (χ0n) is 11.9. The molecule has 2 N–H and O–H groups in total. The summed E-state index contributed by atoms with van der Waals surface area (Å²) in [4.78, 5) is 14.6. The van der Waals surface area contributed by atoms with Gasteiger partial charge in [0.1, 0.15) is 0 Å². The molecular formula is C15H22IN3O. The summed E-state index contributed by atoms with van der Waals surface area (Å²) in [6.07, 6.45) is 1.01. The molecule has 110 valence electrons. The number of hydrogen-bond acceptors (Lipinski definition) is 3. The Labute approximate surface area is 134 Å². The zero-order chi connectivity index (χ0) is 14.4. The predicted octanol–water partition coefficient (Wildman–Crippen LogP) is 1.62. The van der Waals surface area contributed by atoms with E-state index in [-0.39, 0.29) is 5.91 Å². The Morgan fingerprint density at radius 2 is 2.15 bits per heavy atom. The van der Waals surface area contributed by atoms with Crippen molar-refractivity contribution in [1.29, 1.82) is 0 Å². The zero-order valence-corrected chi connectivity index (χ0v) is 14.1. The first-order valence-electron chi connectivity index (χ1n) is 7.14. The molecule has 1 aliphatic heterocycles. The lowest BCUT2D eigenvalue weighted by atomic mass is 10.1. The highest BCUT2D eigenvalue weighted by molar-refractivity contribution is 14.1. The van der Waals surface area contributed by atoms with Gasteiger partial charge in [0.05, 0.1) is 5.56 Å². The second-order valence-electron chi connectivity index (χ2n) is 5.18. The topological polar surface area (TPSA) is 44.4 Å². The SMILES string of the molecule is Cc1ccc(I)c(C(=O)NCCCN2CCNCC2)c1. The lowest BCUT2D eigenvalue weighted by molar-refractivity contribution is 0.0950. The maximum absolute atomic E-state index is 12.1. The molecule has 0 unspecified atom stereocenters. The number of carbonyl (C=O) groups is 1. The van der Waals surface area contributed by atoms with Crippen molar-refractivity contribution in [3.63, 3.8) is 0 Å². The van der Waals surface area contributed by atoms with Crippen LogP contribution in [0.2, 0.25) is 0 Å². The van der Waals surface area contributed by atoms with E-state index in [9.17, 15) is 4.79 Å². The van der Waals surface area contributed by atoms with Crippen LogP contribution >= 0.6 is 22.6 Å². The van der Waals surface area contributed by atoms with Crippen LogP contribution in [0, 0.1) is 10.5 Å². The third-order valence-corrected chi connectivity index (χ3v) is 4.45. The number of nitrogens with zero attached hydrogens (tertiary/aromatic N) is 1. The second-order valence-corrected chi connectivity index (χ2v) is 6.35. The molecule has 0 bridgehead atoms. The number of piperazine rings is 1. The van der Waals surface area contributed by atoms with E-state index < -0.39 is 0 Å². The fourth-order valence-corrected chi connectivity index (χ4v) is 2.93. The van der Waals surface area contributed by atoms with Crippen LogP contribution in [0.5, 0.6) is 0 Å². The molecule has 2 rings (SSSR count). The molecular weight excluding hydrogens is 365 g/mol. The van der Waals surface area contributed by atoms with Gasteiger partial charge in [-0.1, -0.05) is 11.6 Å². The molecule has 0 radical (unpaired) electrons. The number of benzene rings is 1. The smallest absolute Gasteiger partial charge is 0.252 e. The van der Waals surface area contributed by atoms with E-state index >= 15 is 0 Å². The van der Waals surface area contributed by atoms with Gasteiger partial charge >= 0.3 is 0 Å². The van der Waals surface area contributed by atoms with Crippen LogP contribution in [0.15, 0.2) is 18.2 Å². The molecule has 0 aliphatic carbocycles. The van der Waals surface area contributed by atoms with Gasteiger partial charge in [-0.3, -0.25) is 4.79 Å². The molecule has 1 aromatic rings. The molecule has 1 aromatic carbocycles. The van der Waals surface area contributed by atoms with Crippen molar-refractivity contribution in [2.45, 2.75) is 13.3 Å². The van der Waals surface area contributed by atoms with Crippen LogP contribution in [0.25, 0.3) is 0 Å². The second kappa shape index (κ2) is 7.95. The average molecular weight is 387 g/mol. The Balaban J connectivity index is 1.73. The molecule has 1 amide bonds. The number of hydrogen-bond donors (Lipinski definition) is 2. The maximum Gasteiger partial charge on any atom is 0.252 e. The summed E-state index contributed by atoms with van der Waals surface area (Å²) < 4.78 is 1.01. The maximum atomic E-state index is 12.1. The number of nitrogens with one attached hydrogen (secondary N) is 2. The predicted molar refractivity (Wildman–Crippen MR) is 90.2 cm³/mol. The summed E-state index contributed by atoms with van der Waals surface area (Å²) >= 11 is 2.21. The van der Waals surface area contributed by atoms with Crippen molar-refractivity contribution >= 4 is 28.5 Å². The number of halogens is 1. The summed E-state index contributed by atoms with van der Waals surface area (Å²) in [7, 11) is 0. The van der Waals surface area contributed by atoms with E-state index in [2.05, 4.69) is 38.1 Å². The Kier molecular flexibility index (Phi) is 6.25. The molecule has 20 heavy (non-hydrogen) atoms. The molecule has 5 heteroatoms. The third-order valence-electron chi connectivity index (χ3n) is 3.51. The Morgan fingerprint density at radius 1 is 1.40 bits per heavy atom. The molecule has 0 atom stereocenters. The van der Waals surface area contributed by atoms with Crippen molar-refractivity contribution in [2.24, 2.45) is 0 Å². The van der Waals surface area contributed by atoms with Crippen LogP contribution in [0.1, 0.15) is 22.3 Å². The Bertz CT molecular complexity index is 458. The van der Waals surface area contributed by atoms with Crippen molar-refractivity contribution in [3.05, 3.63) is 32.9 Å². The highest BCUT2D eigenvalue weighted by atomic mass is 127. The van der Waals surface area contributed by atoms with E-state index in [0.29, 0.717) is 0 Å². The Hall–Kier alpha value is -0.660. The molecule has 1 saturated heterocycles. The van der Waals surface area contributed by atoms with Gasteiger partial charge in [-0.15, -0.1) is 0 Å². The van der Waals surface area contributed by atoms with Crippen molar-refractivity contribution in [2.75, 3.05) is 39.3 Å². The van der Waals surface area contributed by atoms with Gasteiger partial charge in [-0.25, -0.2) is 0 Å². The average Bonchev–Trinajstić information content (AvgIpc) is 2.47. The van der Waals surface area contributed by atoms with Crippen LogP contribution in [-0.4, -0.2) is 50.1 Å². The lowest BCUT2D eigenvalue weighted by Crippen LogP contribution is -2.44. The first-order chi connectivity index (χ1) is 9.66. The van der Waals surface area contributed by atoms with Gasteiger partial charge in [-0.05, 0) is 54.6 Å². The summed E-state index contributed by atoms with van der Waals surface area (Å²) in [5, 5.41) is 6.36. The van der Waals surface area contributed by atoms with E-state index in [1.54, 1.807) is 0 Å². The minimum Gasteiger partial charge on any atom is -0.352 e. The standard InChI is InChI=1S/C15H22IN3O/c1-12-3-4-14(16)13(11-12)15(20)18-5-2-8-19-9-6-17-7-10-19/h3-4,11,17H,2,5-10H2,1H3,(H,18,20). The molecule has 1 fully saturated rings. The van der Waals surface area contributed by atoms with Crippen LogP contribution in [-0.2, 0) is 0 Å². The summed E-state index contributed by atoms with van der Waals surface area (Å²) in [5.74, 6) is 0.0402. The summed E-state index contributed by atoms with van der Waals surface area (Å²) in [5.41, 5.74) is 1.91. The number of aryl methyl sites for hydroxylation is 1. The number of rotatable bonds is 5. The fraction of sp³-hybridized carbons (Fsp3) is 0.533. The Morgan fingerprint density at radius 3 is 2.90 bits per heavy atom. The van der Waals surface area contributed by atoms with E-state index in [0.717, 1.165) is 60.4 Å². The fourth-order valence-electron chi connectivity index (χ4n) is 2.35. The van der Waals surface area contributed by atoms with Gasteiger partial charge in [0, 0.05) is 36.3 Å². The number of amides is 1. The monoisotopic (exact) mass is 387 g/mol. The summed E-state index contributed by atoms with van der Waals surface area (Å²) in [6, 6.07) is 5.97. The lowest BCUT2D eigenvalue weighted by Gasteiger charge is -2.27. The van der Waals surface area contributed by atoms with E-state index in [1.807, 2.05) is 25.1 Å². The highest BCUT2D eigenvalue weighted by Gasteiger charge is 2.11. The van der Waals surface area contributed by atoms with Gasteiger partial charge in [0.15, 0.2) is 0 Å². The molecule has 4 nitrogen and oxygen atoms in total.